The predicted molar refractivity (Wildman–Crippen MR) is 113 cm³/mol. The van der Waals surface area contributed by atoms with Crippen molar-refractivity contribution in [3.8, 4) is 0 Å². The molecule has 0 radical (unpaired) electrons. The second-order valence-corrected chi connectivity index (χ2v) is 9.11. The van der Waals surface area contributed by atoms with Crippen LogP contribution in [-0.2, 0) is 14.8 Å². The summed E-state index contributed by atoms with van der Waals surface area (Å²) in [6.07, 6.45) is 0. The molecule has 0 spiro atoms. The number of rotatable bonds is 6. The smallest absolute Gasteiger partial charge is 0.289 e. The van der Waals surface area contributed by atoms with E-state index in [0.717, 1.165) is 16.8 Å². The molecule has 1 heterocycles. The van der Waals surface area contributed by atoms with E-state index in [9.17, 15) is 23.3 Å². The van der Waals surface area contributed by atoms with E-state index >= 15 is 0 Å². The number of hydrogen-bond acceptors (Lipinski definition) is 6. The monoisotopic (exact) mass is 432 g/mol. The zero-order valence-corrected chi connectivity index (χ0v) is 17.7. The fourth-order valence-electron chi connectivity index (χ4n) is 3.37. The normalized spacial score (nSPS) is 15.7. The molecule has 1 fully saturated rings. The quantitative estimate of drug-likeness (QED) is 0.553. The van der Waals surface area contributed by atoms with Gasteiger partial charge in [0.15, 0.2) is 4.90 Å². The third-order valence-corrected chi connectivity index (χ3v) is 7.20. The number of carbonyl (C=O) groups is 1. The number of nitro benzene ring substituents is 1. The van der Waals surface area contributed by atoms with E-state index < -0.39 is 20.6 Å². The summed E-state index contributed by atoms with van der Waals surface area (Å²) in [7, 11) is -3.98. The van der Waals surface area contributed by atoms with Gasteiger partial charge in [0.05, 0.1) is 11.5 Å². The van der Waals surface area contributed by atoms with E-state index in [1.54, 1.807) is 0 Å². The van der Waals surface area contributed by atoms with E-state index in [1.807, 2.05) is 36.9 Å². The lowest BCUT2D eigenvalue weighted by molar-refractivity contribution is -0.387. The van der Waals surface area contributed by atoms with Crippen LogP contribution in [0.4, 0.5) is 11.4 Å². The number of hydrogen-bond donors (Lipinski definition) is 1. The molecule has 2 aromatic carbocycles. The predicted octanol–water partition coefficient (Wildman–Crippen LogP) is 2.16. The van der Waals surface area contributed by atoms with Crippen molar-refractivity contribution in [3.63, 3.8) is 0 Å². The Kier molecular flexibility index (Phi) is 6.49. The summed E-state index contributed by atoms with van der Waals surface area (Å²) >= 11 is 0. The zero-order valence-electron chi connectivity index (χ0n) is 16.9. The fourth-order valence-corrected chi connectivity index (χ4v) is 4.95. The SMILES string of the molecule is Cc1cccc(NC(=O)CN2CCN(S(=O)(=O)c3ccccc3[N+](=O)[O-])CC2)c1C. The maximum atomic E-state index is 12.9. The van der Waals surface area contributed by atoms with Crippen LogP contribution in [0.15, 0.2) is 47.4 Å². The Balaban J connectivity index is 1.61. The molecule has 0 saturated carbocycles. The molecule has 10 heteroatoms. The zero-order chi connectivity index (χ0) is 21.9. The third-order valence-electron chi connectivity index (χ3n) is 5.26. The lowest BCUT2D eigenvalue weighted by Crippen LogP contribution is -2.50. The van der Waals surface area contributed by atoms with Gasteiger partial charge in [-0.25, -0.2) is 8.42 Å². The van der Waals surface area contributed by atoms with Crippen LogP contribution in [0.3, 0.4) is 0 Å². The van der Waals surface area contributed by atoms with Crippen LogP contribution in [0.25, 0.3) is 0 Å². The number of anilines is 1. The molecule has 160 valence electrons. The van der Waals surface area contributed by atoms with Gasteiger partial charge >= 0.3 is 0 Å². The first kappa shape index (κ1) is 21.9. The Bertz CT molecular complexity index is 1060. The highest BCUT2D eigenvalue weighted by Crippen LogP contribution is 2.27. The first-order valence-electron chi connectivity index (χ1n) is 9.52. The average molecular weight is 433 g/mol. The van der Waals surface area contributed by atoms with Gasteiger partial charge in [-0.15, -0.1) is 0 Å². The molecule has 1 saturated heterocycles. The second-order valence-electron chi connectivity index (χ2n) is 7.20. The Morgan fingerprint density at radius 1 is 1.07 bits per heavy atom. The van der Waals surface area contributed by atoms with Crippen molar-refractivity contribution < 1.29 is 18.1 Å². The first-order chi connectivity index (χ1) is 14.2. The van der Waals surface area contributed by atoms with E-state index in [2.05, 4.69) is 5.32 Å². The lowest BCUT2D eigenvalue weighted by atomic mass is 10.1. The van der Waals surface area contributed by atoms with Gasteiger partial charge in [-0.2, -0.15) is 4.31 Å². The molecule has 1 N–H and O–H groups in total. The van der Waals surface area contributed by atoms with Gasteiger partial charge in [-0.05, 0) is 37.1 Å². The van der Waals surface area contributed by atoms with E-state index in [1.165, 1.54) is 28.6 Å². The molecule has 1 aliphatic rings. The largest absolute Gasteiger partial charge is 0.325 e. The van der Waals surface area contributed by atoms with Crippen molar-refractivity contribution in [1.29, 1.82) is 0 Å². The standard InChI is InChI=1S/C20H24N4O5S/c1-15-6-5-7-17(16(15)2)21-20(25)14-22-10-12-23(13-11-22)30(28,29)19-9-4-3-8-18(19)24(26)27/h3-9H,10-14H2,1-2H3,(H,21,25). The van der Waals surface area contributed by atoms with Crippen molar-refractivity contribution in [2.75, 3.05) is 38.0 Å². The van der Waals surface area contributed by atoms with Crippen LogP contribution in [0, 0.1) is 24.0 Å². The Labute approximate surface area is 175 Å². The van der Waals surface area contributed by atoms with Crippen molar-refractivity contribution in [2.24, 2.45) is 0 Å². The van der Waals surface area contributed by atoms with Crippen LogP contribution < -0.4 is 5.32 Å². The molecule has 1 amide bonds. The molecule has 1 aliphatic heterocycles. The molecule has 9 nitrogen and oxygen atoms in total. The lowest BCUT2D eigenvalue weighted by Gasteiger charge is -2.33. The maximum absolute atomic E-state index is 12.9. The third kappa shape index (κ3) is 4.66. The number of benzene rings is 2. The average Bonchev–Trinajstić information content (AvgIpc) is 2.72. The van der Waals surface area contributed by atoms with Gasteiger partial charge in [0, 0.05) is 37.9 Å². The van der Waals surface area contributed by atoms with Crippen LogP contribution in [0.1, 0.15) is 11.1 Å². The molecule has 0 atom stereocenters. The number of piperazine rings is 1. The topological polar surface area (TPSA) is 113 Å². The van der Waals surface area contributed by atoms with Crippen molar-refractivity contribution in [2.45, 2.75) is 18.7 Å². The van der Waals surface area contributed by atoms with Gasteiger partial charge in [0.2, 0.25) is 15.9 Å². The molecular weight excluding hydrogens is 408 g/mol. The fraction of sp³-hybridized carbons (Fsp3) is 0.350. The molecule has 30 heavy (non-hydrogen) atoms. The highest BCUT2D eigenvalue weighted by molar-refractivity contribution is 7.89. The van der Waals surface area contributed by atoms with Gasteiger partial charge in [0.1, 0.15) is 0 Å². The second kappa shape index (κ2) is 8.90. The number of aryl methyl sites for hydroxylation is 1. The van der Waals surface area contributed by atoms with Crippen LogP contribution in [0.5, 0.6) is 0 Å². The summed E-state index contributed by atoms with van der Waals surface area (Å²) in [4.78, 5) is 24.5. The van der Waals surface area contributed by atoms with E-state index in [4.69, 9.17) is 0 Å². The number of carbonyl (C=O) groups excluding carboxylic acids is 1. The molecule has 0 aliphatic carbocycles. The van der Waals surface area contributed by atoms with Crippen LogP contribution in [-0.4, -0.2) is 61.2 Å². The molecule has 3 rings (SSSR count). The van der Waals surface area contributed by atoms with Crippen molar-refractivity contribution in [1.82, 2.24) is 9.21 Å². The van der Waals surface area contributed by atoms with E-state index in [0.29, 0.717) is 13.1 Å². The van der Waals surface area contributed by atoms with Crippen LogP contribution >= 0.6 is 0 Å². The minimum atomic E-state index is -3.98. The highest BCUT2D eigenvalue weighted by atomic mass is 32.2. The minimum absolute atomic E-state index is 0.146. The summed E-state index contributed by atoms with van der Waals surface area (Å²) < 4.78 is 27.0. The van der Waals surface area contributed by atoms with Gasteiger partial charge in [-0.3, -0.25) is 19.8 Å². The van der Waals surface area contributed by atoms with Crippen LogP contribution in [0.2, 0.25) is 0 Å². The summed E-state index contributed by atoms with van der Waals surface area (Å²) in [5, 5.41) is 14.1. The summed E-state index contributed by atoms with van der Waals surface area (Å²) in [6, 6.07) is 11.0. The van der Waals surface area contributed by atoms with Crippen molar-refractivity contribution in [3.05, 3.63) is 63.7 Å². The van der Waals surface area contributed by atoms with Gasteiger partial charge in [-0.1, -0.05) is 24.3 Å². The molecule has 0 unspecified atom stereocenters. The van der Waals surface area contributed by atoms with E-state index in [-0.39, 0.29) is 30.4 Å². The van der Waals surface area contributed by atoms with Gasteiger partial charge < -0.3 is 5.32 Å². The molecule has 2 aromatic rings. The number of nitro groups is 1. The molecular formula is C20H24N4O5S. The number of nitrogens with zero attached hydrogens (tertiary/aromatic N) is 3. The molecule has 0 aromatic heterocycles. The Morgan fingerprint density at radius 3 is 2.40 bits per heavy atom. The summed E-state index contributed by atoms with van der Waals surface area (Å²) in [5.74, 6) is -0.168. The summed E-state index contributed by atoms with van der Waals surface area (Å²) in [6.45, 7) is 5.10. The highest BCUT2D eigenvalue weighted by Gasteiger charge is 2.33. The number of para-hydroxylation sites is 1. The minimum Gasteiger partial charge on any atom is -0.325 e. The molecule has 0 bridgehead atoms. The van der Waals surface area contributed by atoms with Gasteiger partial charge in [0.25, 0.3) is 5.69 Å². The number of amides is 1. The number of nitrogens with one attached hydrogen (secondary N) is 1. The Hall–Kier alpha value is -2.82. The van der Waals surface area contributed by atoms with Crippen molar-refractivity contribution >= 4 is 27.3 Å². The first-order valence-corrected chi connectivity index (χ1v) is 11.0. The Morgan fingerprint density at radius 2 is 1.73 bits per heavy atom. The summed E-state index contributed by atoms with van der Waals surface area (Å²) in [5.41, 5.74) is 2.42. The maximum Gasteiger partial charge on any atom is 0.289 e. The number of sulfonamides is 1.